The summed E-state index contributed by atoms with van der Waals surface area (Å²) in [6, 6.07) is 9.70. The van der Waals surface area contributed by atoms with Crippen molar-refractivity contribution in [2.75, 3.05) is 11.9 Å². The van der Waals surface area contributed by atoms with Crippen molar-refractivity contribution < 1.29 is 4.79 Å². The molecule has 0 aliphatic carbocycles. The smallest absolute Gasteiger partial charge is 0.240 e. The summed E-state index contributed by atoms with van der Waals surface area (Å²) in [5, 5.41) is 2.92. The van der Waals surface area contributed by atoms with E-state index in [1.54, 1.807) is 11.3 Å². The maximum atomic E-state index is 11.7. The van der Waals surface area contributed by atoms with Gasteiger partial charge in [-0.1, -0.05) is 44.2 Å². The van der Waals surface area contributed by atoms with E-state index in [0.717, 1.165) is 22.8 Å². The lowest BCUT2D eigenvalue weighted by atomic mass is 10.0. The first kappa shape index (κ1) is 15.5. The van der Waals surface area contributed by atoms with Crippen LogP contribution in [0.25, 0.3) is 10.6 Å². The maximum Gasteiger partial charge on any atom is 0.240 e. The van der Waals surface area contributed by atoms with Crippen LogP contribution in [-0.2, 0) is 4.79 Å². The van der Waals surface area contributed by atoms with Gasteiger partial charge in [0.1, 0.15) is 16.9 Å². The van der Waals surface area contributed by atoms with Crippen LogP contribution in [-0.4, -0.2) is 24.0 Å². The number of nitrogens with two attached hydrogens (primary N) is 1. The molecule has 0 fully saturated rings. The predicted octanol–water partition coefficient (Wildman–Crippen LogP) is 3.15. The number of nitrogens with zero attached hydrogens (tertiary/aromatic N) is 2. The SMILES string of the molecule is CC(C)C[C@H](C(N)=O)N(C)c1csc(-c2ccccc2)n1. The lowest BCUT2D eigenvalue weighted by molar-refractivity contribution is -0.119. The predicted molar refractivity (Wildman–Crippen MR) is 88.4 cm³/mol. The Bertz CT molecular complexity index is 595. The van der Waals surface area contributed by atoms with Crippen LogP contribution in [0.4, 0.5) is 5.82 Å². The van der Waals surface area contributed by atoms with Gasteiger partial charge < -0.3 is 10.6 Å². The van der Waals surface area contributed by atoms with Crippen LogP contribution in [0.2, 0.25) is 0 Å². The highest BCUT2D eigenvalue weighted by Gasteiger charge is 2.23. The molecule has 0 saturated heterocycles. The lowest BCUT2D eigenvalue weighted by Gasteiger charge is -2.26. The van der Waals surface area contributed by atoms with Crippen molar-refractivity contribution in [2.45, 2.75) is 26.3 Å². The van der Waals surface area contributed by atoms with Gasteiger partial charge in [0, 0.05) is 18.0 Å². The number of likely N-dealkylation sites (N-methyl/N-ethyl adjacent to an activating group) is 1. The van der Waals surface area contributed by atoms with E-state index in [-0.39, 0.29) is 11.9 Å². The summed E-state index contributed by atoms with van der Waals surface area (Å²) in [4.78, 5) is 18.2. The second kappa shape index (κ2) is 6.72. The molecule has 1 heterocycles. The van der Waals surface area contributed by atoms with Gasteiger partial charge in [-0.2, -0.15) is 0 Å². The summed E-state index contributed by atoms with van der Waals surface area (Å²) in [5.74, 6) is 0.890. The molecule has 1 amide bonds. The van der Waals surface area contributed by atoms with Crippen LogP contribution in [0.3, 0.4) is 0 Å². The molecule has 0 aliphatic heterocycles. The number of amides is 1. The van der Waals surface area contributed by atoms with E-state index in [4.69, 9.17) is 5.73 Å². The number of carbonyl (C=O) groups excluding carboxylic acids is 1. The second-order valence-electron chi connectivity index (χ2n) is 5.54. The van der Waals surface area contributed by atoms with Crippen molar-refractivity contribution in [3.63, 3.8) is 0 Å². The van der Waals surface area contributed by atoms with Crippen molar-refractivity contribution in [1.82, 2.24) is 4.98 Å². The van der Waals surface area contributed by atoms with Crippen LogP contribution in [0.1, 0.15) is 20.3 Å². The quantitative estimate of drug-likeness (QED) is 0.892. The molecule has 2 aromatic rings. The molecule has 5 heteroatoms. The average Bonchev–Trinajstić information content (AvgIpc) is 2.94. The normalized spacial score (nSPS) is 12.4. The molecule has 1 aromatic heterocycles. The largest absolute Gasteiger partial charge is 0.368 e. The summed E-state index contributed by atoms with van der Waals surface area (Å²) >= 11 is 1.57. The molecule has 0 spiro atoms. The first-order chi connectivity index (χ1) is 9.99. The summed E-state index contributed by atoms with van der Waals surface area (Å²) in [6.07, 6.45) is 0.726. The topological polar surface area (TPSA) is 59.2 Å². The van der Waals surface area contributed by atoms with Gasteiger partial charge >= 0.3 is 0 Å². The fourth-order valence-corrected chi connectivity index (χ4v) is 3.07. The standard InChI is InChI=1S/C16H21N3OS/c1-11(2)9-13(15(17)20)19(3)14-10-21-16(18-14)12-7-5-4-6-8-12/h4-8,10-11,13H,9H2,1-3H3,(H2,17,20)/t13-/m1/s1. The zero-order valence-electron chi connectivity index (χ0n) is 12.6. The van der Waals surface area contributed by atoms with Gasteiger partial charge in [0.2, 0.25) is 5.91 Å². The zero-order valence-corrected chi connectivity index (χ0v) is 13.4. The molecule has 0 radical (unpaired) electrons. The van der Waals surface area contributed by atoms with Gasteiger partial charge in [0.05, 0.1) is 0 Å². The van der Waals surface area contributed by atoms with E-state index >= 15 is 0 Å². The Morgan fingerprint density at radius 2 is 2.00 bits per heavy atom. The Balaban J connectivity index is 2.21. The van der Waals surface area contributed by atoms with Gasteiger partial charge in [0.25, 0.3) is 0 Å². The monoisotopic (exact) mass is 303 g/mol. The van der Waals surface area contributed by atoms with Gasteiger partial charge in [0.15, 0.2) is 0 Å². The Morgan fingerprint density at radius 1 is 1.33 bits per heavy atom. The number of primary amides is 1. The van der Waals surface area contributed by atoms with Crippen LogP contribution in [0.15, 0.2) is 35.7 Å². The van der Waals surface area contributed by atoms with Gasteiger partial charge in [-0.3, -0.25) is 4.79 Å². The number of thiazole rings is 1. The molecule has 2 rings (SSSR count). The number of benzene rings is 1. The molecule has 4 nitrogen and oxygen atoms in total. The highest BCUT2D eigenvalue weighted by molar-refractivity contribution is 7.13. The van der Waals surface area contributed by atoms with E-state index < -0.39 is 0 Å². The summed E-state index contributed by atoms with van der Waals surface area (Å²) in [6.45, 7) is 4.17. The molecule has 0 bridgehead atoms. The van der Waals surface area contributed by atoms with Crippen LogP contribution in [0.5, 0.6) is 0 Å². The molecule has 1 atom stereocenters. The minimum Gasteiger partial charge on any atom is -0.368 e. The third-order valence-corrected chi connectivity index (χ3v) is 4.24. The van der Waals surface area contributed by atoms with E-state index in [0.29, 0.717) is 5.92 Å². The van der Waals surface area contributed by atoms with E-state index in [1.807, 2.05) is 47.7 Å². The Morgan fingerprint density at radius 3 is 2.57 bits per heavy atom. The lowest BCUT2D eigenvalue weighted by Crippen LogP contribution is -2.43. The molecule has 0 unspecified atom stereocenters. The first-order valence-electron chi connectivity index (χ1n) is 7.02. The van der Waals surface area contributed by atoms with Crippen molar-refractivity contribution in [3.05, 3.63) is 35.7 Å². The molecule has 112 valence electrons. The third kappa shape index (κ3) is 3.82. The highest BCUT2D eigenvalue weighted by Crippen LogP contribution is 2.28. The maximum absolute atomic E-state index is 11.7. The van der Waals surface area contributed by atoms with Crippen molar-refractivity contribution >= 4 is 23.1 Å². The minimum atomic E-state index is -0.323. The molecule has 0 aliphatic rings. The van der Waals surface area contributed by atoms with Crippen LogP contribution in [0, 0.1) is 5.92 Å². The van der Waals surface area contributed by atoms with Gasteiger partial charge in [-0.25, -0.2) is 4.98 Å². The van der Waals surface area contributed by atoms with E-state index in [1.165, 1.54) is 0 Å². The number of hydrogen-bond acceptors (Lipinski definition) is 4. The van der Waals surface area contributed by atoms with E-state index in [2.05, 4.69) is 18.8 Å². The Labute approximate surface area is 129 Å². The second-order valence-corrected chi connectivity index (χ2v) is 6.39. The molecule has 2 N–H and O–H groups in total. The van der Waals surface area contributed by atoms with Crippen LogP contribution < -0.4 is 10.6 Å². The minimum absolute atomic E-state index is 0.305. The van der Waals surface area contributed by atoms with Crippen molar-refractivity contribution in [1.29, 1.82) is 0 Å². The highest BCUT2D eigenvalue weighted by atomic mass is 32.1. The van der Waals surface area contributed by atoms with Crippen molar-refractivity contribution in [2.24, 2.45) is 11.7 Å². The fourth-order valence-electron chi connectivity index (χ4n) is 2.21. The van der Waals surface area contributed by atoms with Crippen LogP contribution >= 0.6 is 11.3 Å². The Kier molecular flexibility index (Phi) is 4.96. The molecule has 0 saturated carbocycles. The number of carbonyl (C=O) groups is 1. The van der Waals surface area contributed by atoms with Crippen molar-refractivity contribution in [3.8, 4) is 10.6 Å². The number of hydrogen-bond donors (Lipinski definition) is 1. The fraction of sp³-hybridized carbons (Fsp3) is 0.375. The Hall–Kier alpha value is -1.88. The number of anilines is 1. The van der Waals surface area contributed by atoms with Gasteiger partial charge in [-0.05, 0) is 12.3 Å². The number of rotatable bonds is 6. The molecule has 1 aromatic carbocycles. The average molecular weight is 303 g/mol. The number of aromatic nitrogens is 1. The molecular formula is C16H21N3OS. The van der Waals surface area contributed by atoms with Gasteiger partial charge in [-0.15, -0.1) is 11.3 Å². The van der Waals surface area contributed by atoms with E-state index in [9.17, 15) is 4.79 Å². The third-order valence-electron chi connectivity index (χ3n) is 3.36. The summed E-state index contributed by atoms with van der Waals surface area (Å²) in [5.41, 5.74) is 6.62. The molecule has 21 heavy (non-hydrogen) atoms. The summed E-state index contributed by atoms with van der Waals surface area (Å²) in [7, 11) is 1.88. The zero-order chi connectivity index (χ0) is 15.4. The first-order valence-corrected chi connectivity index (χ1v) is 7.90. The summed E-state index contributed by atoms with van der Waals surface area (Å²) < 4.78 is 0. The molecular weight excluding hydrogens is 282 g/mol.